The number of unbranched alkanes of at least 4 members (excludes halogenated alkanes) is 1. The van der Waals surface area contributed by atoms with Gasteiger partial charge in [-0.05, 0) is 12.8 Å². The summed E-state index contributed by atoms with van der Waals surface area (Å²) in [4.78, 5) is 10.6. The number of hydrogen-bond donors (Lipinski definition) is 0. The third-order valence-corrected chi connectivity index (χ3v) is 2.36. The van der Waals surface area contributed by atoms with Gasteiger partial charge in [-0.15, -0.1) is 0 Å². The monoisotopic (exact) mass is 157 g/mol. The molecule has 0 aromatic rings. The molecule has 0 aliphatic rings. The van der Waals surface area contributed by atoms with Crippen molar-refractivity contribution in [3.8, 4) is 0 Å². The quantitative estimate of drug-likeness (QED) is 0.604. The molecule has 66 valence electrons. The zero-order valence-corrected chi connectivity index (χ0v) is 7.64. The minimum Gasteiger partial charge on any atom is -0.550 e. The molecular weight excluding hydrogens is 140 g/mol. The first-order valence-electron chi connectivity index (χ1n) is 4.28. The lowest BCUT2D eigenvalue weighted by Gasteiger charge is -2.29. The molecule has 2 heteroatoms. The molecule has 0 saturated heterocycles. The van der Waals surface area contributed by atoms with E-state index in [2.05, 4.69) is 6.92 Å². The van der Waals surface area contributed by atoms with E-state index in [0.717, 1.165) is 19.3 Å². The second kappa shape index (κ2) is 4.37. The maximum Gasteiger partial charge on any atom is 0.0473 e. The van der Waals surface area contributed by atoms with Crippen molar-refractivity contribution >= 4 is 5.97 Å². The van der Waals surface area contributed by atoms with E-state index in [4.69, 9.17) is 0 Å². The van der Waals surface area contributed by atoms with Gasteiger partial charge in [-0.1, -0.05) is 33.6 Å². The highest BCUT2D eigenvalue weighted by molar-refractivity contribution is 5.71. The van der Waals surface area contributed by atoms with Crippen molar-refractivity contribution in [1.82, 2.24) is 0 Å². The predicted octanol–water partition coefficient (Wildman–Crippen LogP) is 1.34. The van der Waals surface area contributed by atoms with E-state index in [9.17, 15) is 9.90 Å². The van der Waals surface area contributed by atoms with Crippen LogP contribution < -0.4 is 5.11 Å². The van der Waals surface area contributed by atoms with Gasteiger partial charge in [0, 0.05) is 11.4 Å². The first-order chi connectivity index (χ1) is 5.06. The zero-order valence-electron chi connectivity index (χ0n) is 7.64. The number of carbonyl (C=O) groups is 1. The number of carboxylic acid groups (broad SMARTS) is 1. The third kappa shape index (κ3) is 2.91. The smallest absolute Gasteiger partial charge is 0.0473 e. The first kappa shape index (κ1) is 10.5. The van der Waals surface area contributed by atoms with Gasteiger partial charge in [0.25, 0.3) is 0 Å². The zero-order chi connectivity index (χ0) is 8.91. The van der Waals surface area contributed by atoms with Crippen LogP contribution in [0.4, 0.5) is 0 Å². The molecule has 0 N–H and O–H groups in total. The van der Waals surface area contributed by atoms with Gasteiger partial charge in [-0.2, -0.15) is 0 Å². The Balaban J connectivity index is 3.99. The summed E-state index contributed by atoms with van der Waals surface area (Å²) in [6, 6.07) is 0. The Kier molecular flexibility index (Phi) is 4.16. The SMILES string of the molecule is CCCCC(C)(CC)C(=O)[O-]. The summed E-state index contributed by atoms with van der Waals surface area (Å²) in [7, 11) is 0. The highest BCUT2D eigenvalue weighted by Crippen LogP contribution is 2.26. The highest BCUT2D eigenvalue weighted by atomic mass is 16.4. The van der Waals surface area contributed by atoms with E-state index in [0.29, 0.717) is 6.42 Å². The van der Waals surface area contributed by atoms with Crippen molar-refractivity contribution in [1.29, 1.82) is 0 Å². The molecule has 0 bridgehead atoms. The lowest BCUT2D eigenvalue weighted by molar-refractivity contribution is -0.319. The second-order valence-corrected chi connectivity index (χ2v) is 3.31. The fourth-order valence-electron chi connectivity index (χ4n) is 0.990. The van der Waals surface area contributed by atoms with Crippen LogP contribution in [0.3, 0.4) is 0 Å². The molecule has 0 fully saturated rings. The minimum absolute atomic E-state index is 0.601. The fraction of sp³-hybridized carbons (Fsp3) is 0.889. The van der Waals surface area contributed by atoms with Crippen LogP contribution >= 0.6 is 0 Å². The molecule has 0 saturated carbocycles. The van der Waals surface area contributed by atoms with Crippen molar-refractivity contribution in [2.24, 2.45) is 5.41 Å². The highest BCUT2D eigenvalue weighted by Gasteiger charge is 2.22. The summed E-state index contributed by atoms with van der Waals surface area (Å²) in [6.45, 7) is 5.72. The number of carbonyl (C=O) groups excluding carboxylic acids is 1. The molecule has 0 aliphatic carbocycles. The molecular formula is C9H17O2-. The second-order valence-electron chi connectivity index (χ2n) is 3.31. The van der Waals surface area contributed by atoms with Crippen molar-refractivity contribution in [2.75, 3.05) is 0 Å². The first-order valence-corrected chi connectivity index (χ1v) is 4.28. The number of hydrogen-bond acceptors (Lipinski definition) is 2. The lowest BCUT2D eigenvalue weighted by atomic mass is 9.82. The van der Waals surface area contributed by atoms with Crippen molar-refractivity contribution < 1.29 is 9.90 Å². The summed E-state index contributed by atoms with van der Waals surface area (Å²) in [6.07, 6.45) is 3.42. The van der Waals surface area contributed by atoms with Crippen LogP contribution in [-0.4, -0.2) is 5.97 Å². The van der Waals surface area contributed by atoms with Gasteiger partial charge >= 0.3 is 0 Å². The van der Waals surface area contributed by atoms with Crippen LogP contribution in [0.1, 0.15) is 46.5 Å². The van der Waals surface area contributed by atoms with Gasteiger partial charge in [0.1, 0.15) is 0 Å². The van der Waals surface area contributed by atoms with E-state index in [1.807, 2.05) is 6.92 Å². The summed E-state index contributed by atoms with van der Waals surface area (Å²) >= 11 is 0. The van der Waals surface area contributed by atoms with Gasteiger partial charge in [0.2, 0.25) is 0 Å². The molecule has 11 heavy (non-hydrogen) atoms. The summed E-state index contributed by atoms with van der Waals surface area (Å²) in [5, 5.41) is 10.6. The van der Waals surface area contributed by atoms with Crippen LogP contribution in [0.5, 0.6) is 0 Å². The average molecular weight is 157 g/mol. The summed E-state index contributed by atoms with van der Waals surface area (Å²) in [5.41, 5.74) is -0.601. The van der Waals surface area contributed by atoms with Crippen LogP contribution in [0.15, 0.2) is 0 Å². The van der Waals surface area contributed by atoms with Crippen LogP contribution in [-0.2, 0) is 4.79 Å². The Labute approximate surface area is 68.6 Å². The van der Waals surface area contributed by atoms with Gasteiger partial charge in [0.15, 0.2) is 0 Å². The number of aliphatic carboxylic acids is 1. The van der Waals surface area contributed by atoms with E-state index in [-0.39, 0.29) is 0 Å². The Hall–Kier alpha value is -0.530. The average Bonchev–Trinajstić information content (AvgIpc) is 2.00. The molecule has 0 rings (SSSR count). The van der Waals surface area contributed by atoms with E-state index < -0.39 is 11.4 Å². The summed E-state index contributed by atoms with van der Waals surface area (Å²) < 4.78 is 0. The molecule has 0 aromatic heterocycles. The fourth-order valence-corrected chi connectivity index (χ4v) is 0.990. The third-order valence-electron chi connectivity index (χ3n) is 2.36. The van der Waals surface area contributed by atoms with E-state index in [1.54, 1.807) is 6.92 Å². The van der Waals surface area contributed by atoms with Gasteiger partial charge in [-0.25, -0.2) is 0 Å². The minimum atomic E-state index is -0.909. The maximum absolute atomic E-state index is 10.6. The Morgan fingerprint density at radius 3 is 2.27 bits per heavy atom. The lowest BCUT2D eigenvalue weighted by Crippen LogP contribution is -2.39. The van der Waals surface area contributed by atoms with Crippen molar-refractivity contribution in [2.45, 2.75) is 46.5 Å². The van der Waals surface area contributed by atoms with Crippen molar-refractivity contribution in [3.63, 3.8) is 0 Å². The maximum atomic E-state index is 10.6. The molecule has 2 nitrogen and oxygen atoms in total. The van der Waals surface area contributed by atoms with Crippen LogP contribution in [0.2, 0.25) is 0 Å². The molecule has 1 unspecified atom stereocenters. The van der Waals surface area contributed by atoms with Crippen LogP contribution in [0.25, 0.3) is 0 Å². The molecule has 0 amide bonds. The Morgan fingerprint density at radius 1 is 1.45 bits per heavy atom. The standard InChI is InChI=1S/C9H18O2/c1-4-6-7-9(3,5-2)8(10)11/h4-7H2,1-3H3,(H,10,11)/p-1. The van der Waals surface area contributed by atoms with E-state index >= 15 is 0 Å². The van der Waals surface area contributed by atoms with Gasteiger partial charge in [-0.3, -0.25) is 0 Å². The molecule has 1 atom stereocenters. The normalized spacial score (nSPS) is 15.9. The number of rotatable bonds is 5. The Morgan fingerprint density at radius 2 is 2.00 bits per heavy atom. The molecule has 0 spiro atoms. The molecule has 0 heterocycles. The van der Waals surface area contributed by atoms with E-state index in [1.165, 1.54) is 0 Å². The Bertz CT molecular complexity index is 132. The molecule has 0 aromatic carbocycles. The largest absolute Gasteiger partial charge is 0.550 e. The van der Waals surface area contributed by atoms with Crippen LogP contribution in [0, 0.1) is 5.41 Å². The topological polar surface area (TPSA) is 40.1 Å². The van der Waals surface area contributed by atoms with Crippen molar-refractivity contribution in [3.05, 3.63) is 0 Å². The number of carboxylic acids is 1. The summed E-state index contributed by atoms with van der Waals surface area (Å²) in [5.74, 6) is -0.909. The van der Waals surface area contributed by atoms with Gasteiger partial charge in [0.05, 0.1) is 0 Å². The predicted molar refractivity (Wildman–Crippen MR) is 42.9 cm³/mol. The molecule has 0 aliphatic heterocycles. The molecule has 0 radical (unpaired) electrons. The van der Waals surface area contributed by atoms with Gasteiger partial charge < -0.3 is 9.90 Å².